The molecule has 1 N–H and O–H groups in total. The molecule has 0 saturated carbocycles. The predicted molar refractivity (Wildman–Crippen MR) is 81.5 cm³/mol. The minimum Gasteiger partial charge on any atom is -0.327 e. The number of fused-ring (bicyclic) bond motifs is 1. The normalized spacial score (nSPS) is 11.7. The highest BCUT2D eigenvalue weighted by Crippen LogP contribution is 2.21. The van der Waals surface area contributed by atoms with Crippen LogP contribution in [0.1, 0.15) is 17.8 Å². The highest BCUT2D eigenvalue weighted by Gasteiger charge is 2.12. The molecular formula is C13H15ClN4O2S. The van der Waals surface area contributed by atoms with Gasteiger partial charge in [0.05, 0.1) is 23.2 Å². The number of hydrogen-bond donors (Lipinski definition) is 1. The largest absolute Gasteiger partial charge is 0.327 e. The molecule has 1 aromatic heterocycles. The first-order valence-electron chi connectivity index (χ1n) is 6.35. The van der Waals surface area contributed by atoms with Crippen LogP contribution in [0.2, 0.25) is 0 Å². The van der Waals surface area contributed by atoms with E-state index in [-0.39, 0.29) is 5.88 Å². The summed E-state index contributed by atoms with van der Waals surface area (Å²) in [6, 6.07) is 7.50. The summed E-state index contributed by atoms with van der Waals surface area (Å²) in [5, 5.41) is 9.10. The summed E-state index contributed by atoms with van der Waals surface area (Å²) < 4.78 is 26.4. The van der Waals surface area contributed by atoms with E-state index in [0.29, 0.717) is 36.4 Å². The molecule has 0 unspecified atom stereocenters. The summed E-state index contributed by atoms with van der Waals surface area (Å²) in [6.07, 6.45) is 1.74. The second-order valence-corrected chi connectivity index (χ2v) is 6.72. The molecule has 0 aliphatic heterocycles. The number of sulfonamides is 1. The van der Waals surface area contributed by atoms with Crippen LogP contribution < -0.4 is 4.72 Å². The fourth-order valence-electron chi connectivity index (χ4n) is 2.13. The number of benzene rings is 1. The van der Waals surface area contributed by atoms with Crippen LogP contribution in [-0.2, 0) is 22.4 Å². The molecule has 1 heterocycles. The van der Waals surface area contributed by atoms with Gasteiger partial charge in [0.15, 0.2) is 0 Å². The summed E-state index contributed by atoms with van der Waals surface area (Å²) in [4.78, 5) is 4.40. The van der Waals surface area contributed by atoms with E-state index in [2.05, 4.69) is 15.8 Å². The van der Waals surface area contributed by atoms with Crippen molar-refractivity contribution in [3.05, 3.63) is 29.6 Å². The van der Waals surface area contributed by atoms with E-state index in [0.717, 1.165) is 11.8 Å². The second kappa shape index (κ2) is 6.43. The maximum absolute atomic E-state index is 11.0. The molecule has 8 heteroatoms. The lowest BCUT2D eigenvalue weighted by Gasteiger charge is -2.08. The van der Waals surface area contributed by atoms with Gasteiger partial charge in [-0.25, -0.2) is 18.1 Å². The number of hydrogen-bond acceptors (Lipinski definition) is 4. The number of nitriles is 1. The van der Waals surface area contributed by atoms with Crippen LogP contribution in [0.25, 0.3) is 11.0 Å². The first kappa shape index (κ1) is 15.8. The monoisotopic (exact) mass is 326 g/mol. The summed E-state index contributed by atoms with van der Waals surface area (Å²) in [5.41, 5.74) is 1.97. The molecule has 0 atom stereocenters. The van der Waals surface area contributed by atoms with Crippen LogP contribution in [0.5, 0.6) is 0 Å². The van der Waals surface area contributed by atoms with Gasteiger partial charge in [0.25, 0.3) is 0 Å². The molecule has 0 bridgehead atoms. The van der Waals surface area contributed by atoms with Crippen LogP contribution in [-0.4, -0.2) is 30.8 Å². The van der Waals surface area contributed by atoms with Gasteiger partial charge in [0.2, 0.25) is 10.0 Å². The van der Waals surface area contributed by atoms with E-state index in [1.807, 2.05) is 10.6 Å². The number of rotatable bonds is 6. The Morgan fingerprint density at radius 2 is 2.24 bits per heavy atom. The average Bonchev–Trinajstić information content (AvgIpc) is 2.80. The van der Waals surface area contributed by atoms with E-state index in [1.54, 1.807) is 12.1 Å². The van der Waals surface area contributed by atoms with Gasteiger partial charge >= 0.3 is 0 Å². The average molecular weight is 327 g/mol. The Morgan fingerprint density at radius 3 is 2.86 bits per heavy atom. The van der Waals surface area contributed by atoms with E-state index >= 15 is 0 Å². The molecule has 2 aromatic rings. The number of aromatic nitrogens is 2. The van der Waals surface area contributed by atoms with Gasteiger partial charge in [-0.05, 0) is 18.6 Å². The van der Waals surface area contributed by atoms with Gasteiger partial charge < -0.3 is 4.57 Å². The molecular weight excluding hydrogens is 312 g/mol. The van der Waals surface area contributed by atoms with Gasteiger partial charge in [-0.1, -0.05) is 6.07 Å². The smallest absolute Gasteiger partial charge is 0.208 e. The van der Waals surface area contributed by atoms with Crippen molar-refractivity contribution in [1.29, 1.82) is 5.26 Å². The molecule has 0 fully saturated rings. The Labute approximate surface area is 128 Å². The number of imidazole rings is 1. The summed E-state index contributed by atoms with van der Waals surface area (Å²) in [5.74, 6) is 0.910. The van der Waals surface area contributed by atoms with Crippen molar-refractivity contribution in [2.45, 2.75) is 18.8 Å². The third kappa shape index (κ3) is 3.73. The van der Waals surface area contributed by atoms with Crippen molar-refractivity contribution in [1.82, 2.24) is 14.3 Å². The minimum atomic E-state index is -3.18. The van der Waals surface area contributed by atoms with Gasteiger partial charge in [-0.2, -0.15) is 5.26 Å². The Balaban J connectivity index is 2.24. The van der Waals surface area contributed by atoms with Crippen molar-refractivity contribution >= 4 is 32.7 Å². The summed E-state index contributed by atoms with van der Waals surface area (Å²) in [7, 11) is -3.18. The maximum atomic E-state index is 11.0. The number of nitrogens with one attached hydrogen (secondary N) is 1. The number of para-hydroxylation sites is 1. The van der Waals surface area contributed by atoms with Crippen molar-refractivity contribution in [2.24, 2.45) is 0 Å². The van der Waals surface area contributed by atoms with Gasteiger partial charge in [0, 0.05) is 13.1 Å². The van der Waals surface area contributed by atoms with Crippen LogP contribution >= 0.6 is 11.6 Å². The van der Waals surface area contributed by atoms with Crippen molar-refractivity contribution in [3.8, 4) is 6.07 Å². The molecule has 112 valence electrons. The Morgan fingerprint density at radius 1 is 1.48 bits per heavy atom. The lowest BCUT2D eigenvalue weighted by atomic mass is 10.2. The van der Waals surface area contributed by atoms with Crippen molar-refractivity contribution in [2.75, 3.05) is 12.8 Å². The highest BCUT2D eigenvalue weighted by atomic mass is 35.5. The zero-order valence-corrected chi connectivity index (χ0v) is 13.1. The fourth-order valence-corrected chi connectivity index (χ4v) is 2.85. The molecule has 0 amide bonds. The van der Waals surface area contributed by atoms with E-state index in [4.69, 9.17) is 16.9 Å². The first-order chi connectivity index (χ1) is 9.96. The van der Waals surface area contributed by atoms with Crippen LogP contribution in [0.15, 0.2) is 18.2 Å². The lowest BCUT2D eigenvalue weighted by Crippen LogP contribution is -2.24. The number of alkyl halides is 1. The highest BCUT2D eigenvalue weighted by molar-refractivity contribution is 7.88. The van der Waals surface area contributed by atoms with E-state index in [1.165, 1.54) is 0 Å². The van der Waals surface area contributed by atoms with Gasteiger partial charge in [-0.3, -0.25) is 0 Å². The number of halogens is 1. The standard InChI is InChI=1S/C13H15ClN4O2S/c1-21(19,20)16-6-3-7-18-11-5-2-4-10(9-15)13(11)17-12(18)8-14/h2,4-5,16H,3,6-8H2,1H3. The van der Waals surface area contributed by atoms with Crippen LogP contribution in [0.3, 0.4) is 0 Å². The van der Waals surface area contributed by atoms with Gasteiger partial charge in [0.1, 0.15) is 17.4 Å². The fraction of sp³-hybridized carbons (Fsp3) is 0.385. The molecule has 0 saturated heterocycles. The van der Waals surface area contributed by atoms with Crippen molar-refractivity contribution in [3.63, 3.8) is 0 Å². The van der Waals surface area contributed by atoms with E-state index in [9.17, 15) is 8.42 Å². The molecule has 1 aromatic carbocycles. The third-order valence-corrected chi connectivity index (χ3v) is 3.99. The molecule has 0 radical (unpaired) electrons. The van der Waals surface area contributed by atoms with Crippen LogP contribution in [0.4, 0.5) is 0 Å². The number of aryl methyl sites for hydroxylation is 1. The summed E-state index contributed by atoms with van der Waals surface area (Å²) >= 11 is 5.91. The second-order valence-electron chi connectivity index (χ2n) is 4.62. The molecule has 6 nitrogen and oxygen atoms in total. The SMILES string of the molecule is CS(=O)(=O)NCCCn1c(CCl)nc2c(C#N)cccc21. The third-order valence-electron chi connectivity index (χ3n) is 3.02. The molecule has 2 rings (SSSR count). The zero-order chi connectivity index (χ0) is 15.5. The first-order valence-corrected chi connectivity index (χ1v) is 8.77. The Hall–Kier alpha value is -1.62. The Bertz CT molecular complexity index is 792. The zero-order valence-electron chi connectivity index (χ0n) is 11.5. The molecule has 0 aliphatic rings. The Kier molecular flexibility index (Phi) is 4.83. The maximum Gasteiger partial charge on any atom is 0.208 e. The lowest BCUT2D eigenvalue weighted by molar-refractivity contribution is 0.575. The van der Waals surface area contributed by atoms with E-state index < -0.39 is 10.0 Å². The predicted octanol–water partition coefficient (Wildman–Crippen LogP) is 1.59. The molecule has 21 heavy (non-hydrogen) atoms. The topological polar surface area (TPSA) is 87.8 Å². The quantitative estimate of drug-likeness (QED) is 0.645. The number of nitrogens with zero attached hydrogens (tertiary/aromatic N) is 3. The van der Waals surface area contributed by atoms with Gasteiger partial charge in [-0.15, -0.1) is 11.6 Å². The summed E-state index contributed by atoms with van der Waals surface area (Å²) in [6.45, 7) is 0.925. The molecule has 0 spiro atoms. The van der Waals surface area contributed by atoms with Crippen LogP contribution in [0, 0.1) is 11.3 Å². The molecule has 0 aliphatic carbocycles. The van der Waals surface area contributed by atoms with Crippen molar-refractivity contribution < 1.29 is 8.42 Å². The minimum absolute atomic E-state index is 0.235.